The lowest BCUT2D eigenvalue weighted by molar-refractivity contribution is -0.120. The molecule has 1 aliphatic rings. The lowest BCUT2D eigenvalue weighted by Gasteiger charge is -2.38. The zero-order chi connectivity index (χ0) is 19.7. The summed E-state index contributed by atoms with van der Waals surface area (Å²) in [7, 11) is 1.54. The Balaban J connectivity index is 1.41. The first-order valence-corrected chi connectivity index (χ1v) is 9.72. The van der Waals surface area contributed by atoms with E-state index >= 15 is 0 Å². The highest BCUT2D eigenvalue weighted by molar-refractivity contribution is 7.22. The molecule has 1 fully saturated rings. The first-order valence-electron chi connectivity index (χ1n) is 8.90. The Labute approximate surface area is 166 Å². The van der Waals surface area contributed by atoms with Crippen LogP contribution >= 0.6 is 11.3 Å². The van der Waals surface area contributed by atoms with Gasteiger partial charge in [-0.15, -0.1) is 0 Å². The van der Waals surface area contributed by atoms with E-state index in [-0.39, 0.29) is 17.7 Å². The van der Waals surface area contributed by atoms with Gasteiger partial charge in [0.15, 0.2) is 5.13 Å². The van der Waals surface area contributed by atoms with Gasteiger partial charge in [0, 0.05) is 25.7 Å². The van der Waals surface area contributed by atoms with Gasteiger partial charge in [0.05, 0.1) is 28.9 Å². The monoisotopic (exact) mass is 396 g/mol. The van der Waals surface area contributed by atoms with Crippen LogP contribution in [-0.2, 0) is 9.59 Å². The molecule has 144 valence electrons. The molecule has 0 atom stereocenters. The number of hydrogen-bond acceptors (Lipinski definition) is 6. The minimum atomic E-state index is -0.173. The summed E-state index contributed by atoms with van der Waals surface area (Å²) in [5.74, 6) is 0.175. The fourth-order valence-electron chi connectivity index (χ4n) is 3.12. The standard InChI is InChI=1S/C20H20N4O3S/c1-12(25)21-14-7-8-17(27-2)16(9-14)22-19(26)13-10-24(11-13)20-23-15-5-3-4-6-18(15)28-20/h3-9,13H,10-11H2,1-2H3,(H,21,25)(H,22,26). The van der Waals surface area contributed by atoms with Crippen molar-refractivity contribution in [1.82, 2.24) is 4.98 Å². The molecule has 7 nitrogen and oxygen atoms in total. The van der Waals surface area contributed by atoms with Crippen LogP contribution in [0.4, 0.5) is 16.5 Å². The number of hydrogen-bond donors (Lipinski definition) is 2. The van der Waals surface area contributed by atoms with Crippen molar-refractivity contribution in [3.05, 3.63) is 42.5 Å². The summed E-state index contributed by atoms with van der Waals surface area (Å²) >= 11 is 1.64. The van der Waals surface area contributed by atoms with Crippen LogP contribution in [0.5, 0.6) is 5.75 Å². The normalized spacial score (nSPS) is 13.9. The van der Waals surface area contributed by atoms with Gasteiger partial charge in [0.2, 0.25) is 11.8 Å². The Hall–Kier alpha value is -3.13. The zero-order valence-corrected chi connectivity index (χ0v) is 16.4. The van der Waals surface area contributed by atoms with Gasteiger partial charge in [-0.1, -0.05) is 23.5 Å². The number of para-hydroxylation sites is 1. The van der Waals surface area contributed by atoms with Gasteiger partial charge in [0.25, 0.3) is 0 Å². The van der Waals surface area contributed by atoms with E-state index in [0.29, 0.717) is 30.2 Å². The quantitative estimate of drug-likeness (QED) is 0.691. The van der Waals surface area contributed by atoms with Crippen LogP contribution in [-0.4, -0.2) is 37.0 Å². The van der Waals surface area contributed by atoms with E-state index in [1.54, 1.807) is 36.6 Å². The average Bonchev–Trinajstić information content (AvgIpc) is 3.03. The number of nitrogens with one attached hydrogen (secondary N) is 2. The smallest absolute Gasteiger partial charge is 0.231 e. The van der Waals surface area contributed by atoms with Crippen molar-refractivity contribution < 1.29 is 14.3 Å². The van der Waals surface area contributed by atoms with Gasteiger partial charge in [-0.3, -0.25) is 9.59 Å². The van der Waals surface area contributed by atoms with E-state index in [2.05, 4.69) is 26.6 Å². The van der Waals surface area contributed by atoms with Gasteiger partial charge >= 0.3 is 0 Å². The van der Waals surface area contributed by atoms with Gasteiger partial charge in [-0.25, -0.2) is 4.98 Å². The van der Waals surface area contributed by atoms with E-state index in [1.165, 1.54) is 6.92 Å². The van der Waals surface area contributed by atoms with E-state index in [9.17, 15) is 9.59 Å². The van der Waals surface area contributed by atoms with Crippen LogP contribution in [0.15, 0.2) is 42.5 Å². The van der Waals surface area contributed by atoms with Crippen LogP contribution in [0.2, 0.25) is 0 Å². The number of anilines is 3. The summed E-state index contributed by atoms with van der Waals surface area (Å²) in [6.45, 7) is 2.69. The number of methoxy groups -OCH3 is 1. The maximum atomic E-state index is 12.6. The molecule has 28 heavy (non-hydrogen) atoms. The zero-order valence-electron chi connectivity index (χ0n) is 15.6. The first kappa shape index (κ1) is 18.2. The highest BCUT2D eigenvalue weighted by atomic mass is 32.1. The van der Waals surface area contributed by atoms with E-state index in [4.69, 9.17) is 4.74 Å². The van der Waals surface area contributed by atoms with Crippen molar-refractivity contribution in [2.75, 3.05) is 35.7 Å². The second-order valence-corrected chi connectivity index (χ2v) is 7.66. The third kappa shape index (κ3) is 3.63. The van der Waals surface area contributed by atoms with Crippen molar-refractivity contribution in [3.63, 3.8) is 0 Å². The maximum absolute atomic E-state index is 12.6. The number of nitrogens with zero attached hydrogens (tertiary/aromatic N) is 2. The van der Waals surface area contributed by atoms with Crippen LogP contribution in [0.1, 0.15) is 6.92 Å². The summed E-state index contributed by atoms with van der Waals surface area (Å²) < 4.78 is 6.46. The highest BCUT2D eigenvalue weighted by Gasteiger charge is 2.34. The largest absolute Gasteiger partial charge is 0.495 e. The number of carbonyl (C=O) groups is 2. The SMILES string of the molecule is COc1ccc(NC(C)=O)cc1NC(=O)C1CN(c2nc3ccccc3s2)C1. The first-order chi connectivity index (χ1) is 13.5. The molecule has 0 aliphatic carbocycles. The molecule has 4 rings (SSSR count). The van der Waals surface area contributed by atoms with Crippen molar-refractivity contribution in [1.29, 1.82) is 0 Å². The minimum Gasteiger partial charge on any atom is -0.495 e. The third-order valence-electron chi connectivity index (χ3n) is 4.58. The molecule has 2 aromatic carbocycles. The Morgan fingerprint density at radius 1 is 1.18 bits per heavy atom. The highest BCUT2D eigenvalue weighted by Crippen LogP contribution is 2.34. The topological polar surface area (TPSA) is 83.6 Å². The fraction of sp³-hybridized carbons (Fsp3) is 0.250. The van der Waals surface area contributed by atoms with Gasteiger partial charge in [-0.05, 0) is 30.3 Å². The predicted octanol–water partition coefficient (Wildman–Crippen LogP) is 3.34. The van der Waals surface area contributed by atoms with Gasteiger partial charge in [-0.2, -0.15) is 0 Å². The molecule has 0 bridgehead atoms. The lowest BCUT2D eigenvalue weighted by Crippen LogP contribution is -2.52. The second-order valence-electron chi connectivity index (χ2n) is 6.65. The summed E-state index contributed by atoms with van der Waals surface area (Å²) in [4.78, 5) is 30.7. The van der Waals surface area contributed by atoms with Crippen LogP contribution in [0.25, 0.3) is 10.2 Å². The second kappa shape index (κ2) is 7.47. The number of aromatic nitrogens is 1. The van der Waals surface area contributed by atoms with Crippen molar-refractivity contribution >= 4 is 49.9 Å². The summed E-state index contributed by atoms with van der Waals surface area (Å²) in [6.07, 6.45) is 0. The molecule has 1 saturated heterocycles. The van der Waals surface area contributed by atoms with Crippen molar-refractivity contribution in [2.24, 2.45) is 5.92 Å². The molecule has 1 aliphatic heterocycles. The summed E-state index contributed by atoms with van der Waals surface area (Å²) in [5, 5.41) is 6.56. The van der Waals surface area contributed by atoms with Crippen molar-refractivity contribution in [3.8, 4) is 5.75 Å². The van der Waals surface area contributed by atoms with Gasteiger partial charge < -0.3 is 20.3 Å². The number of carbonyl (C=O) groups excluding carboxylic acids is 2. The maximum Gasteiger partial charge on any atom is 0.231 e. The Morgan fingerprint density at radius 2 is 1.96 bits per heavy atom. The molecule has 3 aromatic rings. The molecular weight excluding hydrogens is 376 g/mol. The van der Waals surface area contributed by atoms with Gasteiger partial charge in [0.1, 0.15) is 5.75 Å². The van der Waals surface area contributed by atoms with E-state index < -0.39 is 0 Å². The Bertz CT molecular complexity index is 1010. The number of ether oxygens (including phenoxy) is 1. The van der Waals surface area contributed by atoms with E-state index in [0.717, 1.165) is 15.3 Å². The molecule has 0 radical (unpaired) electrons. The Kier molecular flexibility index (Phi) is 4.87. The number of benzene rings is 2. The molecule has 0 unspecified atom stereocenters. The molecule has 8 heteroatoms. The molecule has 1 aromatic heterocycles. The molecule has 0 saturated carbocycles. The van der Waals surface area contributed by atoms with Crippen LogP contribution in [0, 0.1) is 5.92 Å². The lowest BCUT2D eigenvalue weighted by atomic mass is 10.00. The third-order valence-corrected chi connectivity index (χ3v) is 5.68. The van der Waals surface area contributed by atoms with Crippen LogP contribution < -0.4 is 20.3 Å². The number of fused-ring (bicyclic) bond motifs is 1. The van der Waals surface area contributed by atoms with Crippen molar-refractivity contribution in [2.45, 2.75) is 6.92 Å². The van der Waals surface area contributed by atoms with Crippen LogP contribution in [0.3, 0.4) is 0 Å². The fourth-order valence-corrected chi connectivity index (χ4v) is 4.10. The summed E-state index contributed by atoms with van der Waals surface area (Å²) in [6, 6.07) is 13.2. The minimum absolute atomic E-state index is 0.0735. The molecule has 0 spiro atoms. The molecule has 2 N–H and O–H groups in total. The Morgan fingerprint density at radius 3 is 2.68 bits per heavy atom. The predicted molar refractivity (Wildman–Crippen MR) is 111 cm³/mol. The summed E-state index contributed by atoms with van der Waals surface area (Å²) in [5.41, 5.74) is 2.13. The average molecular weight is 396 g/mol. The number of thiazole rings is 1. The van der Waals surface area contributed by atoms with E-state index in [1.807, 2.05) is 18.2 Å². The molecule has 2 heterocycles. The molecule has 2 amide bonds. The number of rotatable bonds is 5. The molecular formula is C20H20N4O3S. The number of amides is 2.